The Morgan fingerprint density at radius 1 is 1.28 bits per heavy atom. The Balaban J connectivity index is 1.62. The van der Waals surface area contributed by atoms with E-state index in [0.29, 0.717) is 5.56 Å². The van der Waals surface area contributed by atoms with Crippen molar-refractivity contribution in [2.24, 2.45) is 0 Å². The number of benzene rings is 1. The van der Waals surface area contributed by atoms with Crippen LogP contribution < -0.4 is 0 Å². The molecule has 1 N–H and O–H groups in total. The summed E-state index contributed by atoms with van der Waals surface area (Å²) in [4.78, 5) is 27.6. The quantitative estimate of drug-likeness (QED) is 0.872. The molecule has 1 aromatic carbocycles. The molecule has 1 fully saturated rings. The monoisotopic (exact) mass is 342 g/mol. The lowest BCUT2D eigenvalue weighted by Crippen LogP contribution is -2.39. The number of hydrogen-bond acceptors (Lipinski definition) is 4. The van der Waals surface area contributed by atoms with E-state index >= 15 is 0 Å². The van der Waals surface area contributed by atoms with Gasteiger partial charge in [0.15, 0.2) is 0 Å². The van der Waals surface area contributed by atoms with E-state index in [9.17, 15) is 9.59 Å². The molecule has 1 amide bonds. The number of rotatable bonds is 6. The van der Waals surface area contributed by atoms with E-state index in [2.05, 4.69) is 17.0 Å². The van der Waals surface area contributed by atoms with Crippen molar-refractivity contribution in [3.05, 3.63) is 59.5 Å². The molecule has 0 aliphatic carbocycles. The molecule has 1 unspecified atom stereocenters. The molecular weight excluding hydrogens is 320 g/mol. The van der Waals surface area contributed by atoms with Gasteiger partial charge >= 0.3 is 5.97 Å². The Morgan fingerprint density at radius 2 is 2.04 bits per heavy atom. The molecule has 1 saturated heterocycles. The van der Waals surface area contributed by atoms with Crippen LogP contribution >= 0.6 is 0 Å². The van der Waals surface area contributed by atoms with Crippen molar-refractivity contribution >= 4 is 11.9 Å². The molecule has 3 rings (SSSR count). The predicted molar refractivity (Wildman–Crippen MR) is 92.3 cm³/mol. The molecule has 2 aromatic rings. The summed E-state index contributed by atoms with van der Waals surface area (Å²) in [6, 6.07) is 11.9. The van der Waals surface area contributed by atoms with Gasteiger partial charge in [-0.1, -0.05) is 30.3 Å². The lowest BCUT2D eigenvalue weighted by molar-refractivity contribution is -0.136. The highest BCUT2D eigenvalue weighted by Crippen LogP contribution is 2.21. The first-order valence-electron chi connectivity index (χ1n) is 8.36. The first-order chi connectivity index (χ1) is 12.0. The number of likely N-dealkylation sites (tertiary alicyclic amines) is 1. The second-order valence-corrected chi connectivity index (χ2v) is 6.41. The number of carbonyl (C=O) groups excluding carboxylic acids is 1. The van der Waals surface area contributed by atoms with Crippen molar-refractivity contribution in [2.75, 3.05) is 20.1 Å². The minimum atomic E-state index is -1.01. The van der Waals surface area contributed by atoms with Crippen molar-refractivity contribution in [2.45, 2.75) is 25.4 Å². The normalized spacial score (nSPS) is 17.6. The highest BCUT2D eigenvalue weighted by molar-refractivity contribution is 5.96. The fraction of sp³-hybridized carbons (Fsp3) is 0.368. The molecule has 1 aliphatic rings. The topological polar surface area (TPSA) is 74.0 Å². The molecule has 25 heavy (non-hydrogen) atoms. The molecule has 1 aliphatic heterocycles. The van der Waals surface area contributed by atoms with Crippen LogP contribution in [0.1, 0.15) is 28.1 Å². The summed E-state index contributed by atoms with van der Waals surface area (Å²) < 4.78 is 5.17. The molecule has 1 atom stereocenters. The maximum atomic E-state index is 12.7. The van der Waals surface area contributed by atoms with Crippen molar-refractivity contribution < 1.29 is 19.1 Å². The van der Waals surface area contributed by atoms with E-state index in [1.54, 1.807) is 18.0 Å². The average Bonchev–Trinajstić information content (AvgIpc) is 3.23. The summed E-state index contributed by atoms with van der Waals surface area (Å²) in [6.45, 7) is 2.61. The summed E-state index contributed by atoms with van der Waals surface area (Å²) in [6.07, 6.45) is 1.99. The Labute approximate surface area is 146 Å². The Hall–Kier alpha value is -2.60. The third-order valence-electron chi connectivity index (χ3n) is 4.65. The highest BCUT2D eigenvalue weighted by Gasteiger charge is 2.30. The zero-order valence-electron chi connectivity index (χ0n) is 14.2. The molecule has 132 valence electrons. The third kappa shape index (κ3) is 4.09. The van der Waals surface area contributed by atoms with Gasteiger partial charge < -0.3 is 14.4 Å². The van der Waals surface area contributed by atoms with Gasteiger partial charge in [0.05, 0.1) is 11.8 Å². The number of furan rings is 1. The smallest absolute Gasteiger partial charge is 0.311 e. The minimum absolute atomic E-state index is 0.115. The minimum Gasteiger partial charge on any atom is -0.481 e. The van der Waals surface area contributed by atoms with Crippen LogP contribution in [-0.4, -0.2) is 53.0 Å². The lowest BCUT2D eigenvalue weighted by atomic mass is 10.1. The zero-order chi connectivity index (χ0) is 17.8. The largest absolute Gasteiger partial charge is 0.481 e. The van der Waals surface area contributed by atoms with Crippen LogP contribution in [0.25, 0.3) is 0 Å². The van der Waals surface area contributed by atoms with Crippen molar-refractivity contribution in [1.29, 1.82) is 0 Å². The zero-order valence-corrected chi connectivity index (χ0v) is 14.2. The van der Waals surface area contributed by atoms with Crippen LogP contribution in [0.5, 0.6) is 0 Å². The summed E-state index contributed by atoms with van der Waals surface area (Å²) >= 11 is 0. The number of aliphatic carboxylic acids is 1. The first-order valence-corrected chi connectivity index (χ1v) is 8.36. The van der Waals surface area contributed by atoms with Crippen molar-refractivity contribution in [3.8, 4) is 0 Å². The van der Waals surface area contributed by atoms with Gasteiger partial charge in [0, 0.05) is 32.7 Å². The van der Waals surface area contributed by atoms with Crippen LogP contribution in [0.15, 0.2) is 47.1 Å². The van der Waals surface area contributed by atoms with Gasteiger partial charge in [-0.05, 0) is 18.1 Å². The van der Waals surface area contributed by atoms with E-state index in [4.69, 9.17) is 9.52 Å². The summed E-state index contributed by atoms with van der Waals surface area (Å²) in [7, 11) is 1.77. The standard InChI is InChI=1S/C19H22N2O4/c1-20(19(24)16-8-10-25-17(16)11-18(22)23)15-7-9-21(13-15)12-14-5-3-2-4-6-14/h2-6,8,10,15H,7,9,11-13H2,1H3,(H,22,23). The number of carboxylic acid groups (broad SMARTS) is 1. The van der Waals surface area contributed by atoms with Gasteiger partial charge in [0.2, 0.25) is 0 Å². The number of carbonyl (C=O) groups is 2. The SMILES string of the molecule is CN(C(=O)c1ccoc1CC(=O)O)C1CCN(Cc2ccccc2)C1. The van der Waals surface area contributed by atoms with Crippen molar-refractivity contribution in [1.82, 2.24) is 9.80 Å². The average molecular weight is 342 g/mol. The Bertz CT molecular complexity index is 741. The Kier molecular flexibility index (Phi) is 5.19. The van der Waals surface area contributed by atoms with E-state index in [1.165, 1.54) is 11.8 Å². The summed E-state index contributed by atoms with van der Waals surface area (Å²) in [5.74, 6) is -0.985. The van der Waals surface area contributed by atoms with E-state index in [0.717, 1.165) is 26.1 Å². The maximum Gasteiger partial charge on any atom is 0.311 e. The highest BCUT2D eigenvalue weighted by atomic mass is 16.4. The Morgan fingerprint density at radius 3 is 2.76 bits per heavy atom. The van der Waals surface area contributed by atoms with Gasteiger partial charge in [0.25, 0.3) is 5.91 Å². The molecular formula is C19H22N2O4. The van der Waals surface area contributed by atoms with Crippen LogP contribution in [0.3, 0.4) is 0 Å². The van der Waals surface area contributed by atoms with Gasteiger partial charge in [0.1, 0.15) is 12.2 Å². The van der Waals surface area contributed by atoms with Crippen molar-refractivity contribution in [3.63, 3.8) is 0 Å². The van der Waals surface area contributed by atoms with Gasteiger partial charge in [-0.2, -0.15) is 0 Å². The number of amides is 1. The van der Waals surface area contributed by atoms with Crippen LogP contribution in [0.4, 0.5) is 0 Å². The second-order valence-electron chi connectivity index (χ2n) is 6.41. The second kappa shape index (κ2) is 7.53. The molecule has 0 radical (unpaired) electrons. The van der Waals surface area contributed by atoms with Gasteiger partial charge in [-0.25, -0.2) is 0 Å². The molecule has 2 heterocycles. The molecule has 0 bridgehead atoms. The third-order valence-corrected chi connectivity index (χ3v) is 4.65. The van der Waals surface area contributed by atoms with Crippen LogP contribution in [0, 0.1) is 0 Å². The number of hydrogen-bond donors (Lipinski definition) is 1. The summed E-state index contributed by atoms with van der Waals surface area (Å²) in [5.41, 5.74) is 1.60. The molecule has 1 aromatic heterocycles. The fourth-order valence-corrected chi connectivity index (χ4v) is 3.27. The van der Waals surface area contributed by atoms with E-state index in [1.807, 2.05) is 18.2 Å². The molecule has 6 heteroatoms. The lowest BCUT2D eigenvalue weighted by Gasteiger charge is -2.25. The van der Waals surface area contributed by atoms with Crippen LogP contribution in [-0.2, 0) is 17.8 Å². The van der Waals surface area contributed by atoms with Gasteiger partial charge in [-0.3, -0.25) is 14.5 Å². The summed E-state index contributed by atoms with van der Waals surface area (Å²) in [5, 5.41) is 8.92. The maximum absolute atomic E-state index is 12.7. The number of nitrogens with zero attached hydrogens (tertiary/aromatic N) is 2. The molecule has 6 nitrogen and oxygen atoms in total. The number of likely N-dealkylation sites (N-methyl/N-ethyl adjacent to an activating group) is 1. The number of carboxylic acids is 1. The van der Waals surface area contributed by atoms with E-state index < -0.39 is 5.97 Å². The fourth-order valence-electron chi connectivity index (χ4n) is 3.27. The molecule has 0 spiro atoms. The molecule has 0 saturated carbocycles. The predicted octanol–water partition coefficient (Wildman–Crippen LogP) is 2.25. The van der Waals surface area contributed by atoms with Crippen LogP contribution in [0.2, 0.25) is 0 Å². The van der Waals surface area contributed by atoms with E-state index in [-0.39, 0.29) is 24.1 Å². The first kappa shape index (κ1) is 17.2. The van der Waals surface area contributed by atoms with Gasteiger partial charge in [-0.15, -0.1) is 0 Å².